The van der Waals surface area contributed by atoms with Crippen LogP contribution in [0.1, 0.15) is 20.3 Å². The summed E-state index contributed by atoms with van der Waals surface area (Å²) in [7, 11) is 0. The molecule has 0 unspecified atom stereocenters. The molecule has 13 heavy (non-hydrogen) atoms. The molecule has 0 saturated carbocycles. The molecule has 70 valence electrons. The van der Waals surface area contributed by atoms with Crippen molar-refractivity contribution in [3.05, 3.63) is 22.7 Å². The lowest BCUT2D eigenvalue weighted by Crippen LogP contribution is -2.11. The minimum absolute atomic E-state index is 0.380. The smallest absolute Gasteiger partial charge is 0.291 e. The lowest BCUT2D eigenvalue weighted by atomic mass is 10.3. The molecule has 0 aliphatic rings. The molecule has 0 aliphatic carbocycles. The molecule has 0 amide bonds. The number of hydrogen-bond acceptors (Lipinski definition) is 4. The highest BCUT2D eigenvalue weighted by Gasteiger charge is 1.90. The van der Waals surface area contributed by atoms with Gasteiger partial charge in [0.2, 0.25) is 0 Å². The molecule has 2 N–H and O–H groups in total. The van der Waals surface area contributed by atoms with Gasteiger partial charge >= 0.3 is 5.69 Å². The van der Waals surface area contributed by atoms with E-state index in [9.17, 15) is 4.79 Å². The second-order valence-electron chi connectivity index (χ2n) is 2.60. The number of rotatable bonds is 3. The summed E-state index contributed by atoms with van der Waals surface area (Å²) >= 11 is 0. The Labute approximate surface area is 75.9 Å². The van der Waals surface area contributed by atoms with E-state index in [4.69, 9.17) is 0 Å². The van der Waals surface area contributed by atoms with Crippen molar-refractivity contribution < 1.29 is 0 Å². The fraction of sp³-hybridized carbons (Fsp3) is 0.375. The van der Waals surface area contributed by atoms with Crippen LogP contribution in [0.5, 0.6) is 0 Å². The Kier molecular flexibility index (Phi) is 3.19. The van der Waals surface area contributed by atoms with Crippen LogP contribution in [-0.4, -0.2) is 15.7 Å². The predicted molar refractivity (Wildman–Crippen MR) is 51.9 cm³/mol. The van der Waals surface area contributed by atoms with E-state index in [1.165, 1.54) is 6.20 Å². The van der Waals surface area contributed by atoms with Crippen LogP contribution in [0.3, 0.4) is 0 Å². The van der Waals surface area contributed by atoms with E-state index in [1.807, 2.05) is 13.8 Å². The summed E-state index contributed by atoms with van der Waals surface area (Å²) in [6, 6.07) is 1.65. The van der Waals surface area contributed by atoms with E-state index in [0.29, 0.717) is 5.82 Å². The third-order valence-corrected chi connectivity index (χ3v) is 1.55. The van der Waals surface area contributed by atoms with Gasteiger partial charge in [0.05, 0.1) is 0 Å². The first kappa shape index (κ1) is 9.44. The molecular weight excluding hydrogens is 168 g/mol. The molecule has 1 heterocycles. The van der Waals surface area contributed by atoms with Crippen LogP contribution in [0.15, 0.2) is 22.2 Å². The van der Waals surface area contributed by atoms with Gasteiger partial charge in [-0.05, 0) is 19.4 Å². The van der Waals surface area contributed by atoms with E-state index in [-0.39, 0.29) is 5.69 Å². The third kappa shape index (κ3) is 3.06. The third-order valence-electron chi connectivity index (χ3n) is 1.55. The van der Waals surface area contributed by atoms with E-state index in [2.05, 4.69) is 20.5 Å². The quantitative estimate of drug-likeness (QED) is 0.537. The van der Waals surface area contributed by atoms with Gasteiger partial charge in [-0.2, -0.15) is 5.10 Å². The molecule has 5 heteroatoms. The first-order chi connectivity index (χ1) is 6.22. The van der Waals surface area contributed by atoms with Crippen molar-refractivity contribution in [2.75, 3.05) is 5.43 Å². The number of nitrogens with one attached hydrogen (secondary N) is 2. The first-order valence-electron chi connectivity index (χ1n) is 4.07. The maximum Gasteiger partial charge on any atom is 0.346 e. The highest BCUT2D eigenvalue weighted by atomic mass is 16.1. The SMILES string of the molecule is CC/C(C)=N/Nc1ccnc(=O)[nH]1. The Bertz CT molecular complexity index is 355. The minimum Gasteiger partial charge on any atom is -0.291 e. The highest BCUT2D eigenvalue weighted by molar-refractivity contribution is 5.82. The van der Waals surface area contributed by atoms with Crippen LogP contribution in [0, 0.1) is 0 Å². The predicted octanol–water partition coefficient (Wildman–Crippen LogP) is 0.968. The van der Waals surface area contributed by atoms with Crippen molar-refractivity contribution in [2.24, 2.45) is 5.10 Å². The molecule has 1 aromatic rings. The topological polar surface area (TPSA) is 70.1 Å². The molecule has 1 rings (SSSR count). The zero-order chi connectivity index (χ0) is 9.68. The average Bonchev–Trinajstić information content (AvgIpc) is 2.14. The van der Waals surface area contributed by atoms with Gasteiger partial charge in [0, 0.05) is 11.9 Å². The summed E-state index contributed by atoms with van der Waals surface area (Å²) < 4.78 is 0. The van der Waals surface area contributed by atoms with Gasteiger partial charge in [0.25, 0.3) is 0 Å². The average molecular weight is 180 g/mol. The Hall–Kier alpha value is -1.65. The summed E-state index contributed by atoms with van der Waals surface area (Å²) in [4.78, 5) is 16.7. The zero-order valence-electron chi connectivity index (χ0n) is 7.66. The van der Waals surface area contributed by atoms with Crippen molar-refractivity contribution >= 4 is 11.5 Å². The summed E-state index contributed by atoms with van der Waals surface area (Å²) in [5.74, 6) is 0.549. The van der Waals surface area contributed by atoms with Crippen LogP contribution in [0.4, 0.5) is 5.82 Å². The van der Waals surface area contributed by atoms with Gasteiger partial charge in [-0.1, -0.05) is 6.92 Å². The fourth-order valence-corrected chi connectivity index (χ4v) is 0.669. The van der Waals surface area contributed by atoms with E-state index in [0.717, 1.165) is 12.1 Å². The lowest BCUT2D eigenvalue weighted by molar-refractivity contribution is 1.06. The number of hydrogen-bond donors (Lipinski definition) is 2. The van der Waals surface area contributed by atoms with Crippen LogP contribution >= 0.6 is 0 Å². The molecule has 0 aromatic carbocycles. The lowest BCUT2D eigenvalue weighted by Gasteiger charge is -1.99. The second kappa shape index (κ2) is 4.39. The summed E-state index contributed by atoms with van der Waals surface area (Å²) in [5.41, 5.74) is 3.32. The fourth-order valence-electron chi connectivity index (χ4n) is 0.669. The number of aromatic amines is 1. The van der Waals surface area contributed by atoms with Crippen LogP contribution in [0.25, 0.3) is 0 Å². The number of nitrogens with zero attached hydrogens (tertiary/aromatic N) is 2. The molecule has 0 fully saturated rings. The summed E-state index contributed by atoms with van der Waals surface area (Å²) in [6.07, 6.45) is 2.31. The van der Waals surface area contributed by atoms with Crippen molar-refractivity contribution in [3.63, 3.8) is 0 Å². The number of aromatic nitrogens is 2. The van der Waals surface area contributed by atoms with Crippen molar-refractivity contribution in [1.29, 1.82) is 0 Å². The van der Waals surface area contributed by atoms with Gasteiger partial charge in [0.1, 0.15) is 5.82 Å². The highest BCUT2D eigenvalue weighted by Crippen LogP contribution is 1.96. The number of H-pyrrole nitrogens is 1. The van der Waals surface area contributed by atoms with Crippen LogP contribution < -0.4 is 11.1 Å². The minimum atomic E-state index is -0.380. The Morgan fingerprint density at radius 3 is 3.15 bits per heavy atom. The van der Waals surface area contributed by atoms with Crippen molar-refractivity contribution in [1.82, 2.24) is 9.97 Å². The Balaban J connectivity index is 2.70. The number of hydrazone groups is 1. The van der Waals surface area contributed by atoms with Crippen LogP contribution in [-0.2, 0) is 0 Å². The van der Waals surface area contributed by atoms with E-state index >= 15 is 0 Å². The van der Waals surface area contributed by atoms with Gasteiger partial charge in [-0.25, -0.2) is 9.78 Å². The van der Waals surface area contributed by atoms with Gasteiger partial charge in [-0.3, -0.25) is 10.4 Å². The normalized spacial score (nSPS) is 11.4. The second-order valence-corrected chi connectivity index (χ2v) is 2.60. The standard InChI is InChI=1S/C8H12N4O/c1-3-6(2)11-12-7-4-5-9-8(13)10-7/h4-5H,3H2,1-2H3,(H2,9,10,12,13)/b11-6+. The van der Waals surface area contributed by atoms with E-state index in [1.54, 1.807) is 6.07 Å². The zero-order valence-corrected chi connectivity index (χ0v) is 7.66. The van der Waals surface area contributed by atoms with Gasteiger partial charge in [0.15, 0.2) is 0 Å². The van der Waals surface area contributed by atoms with E-state index < -0.39 is 0 Å². The maximum atomic E-state index is 10.7. The molecule has 0 aliphatic heterocycles. The molecule has 1 aromatic heterocycles. The van der Waals surface area contributed by atoms with Crippen molar-refractivity contribution in [2.45, 2.75) is 20.3 Å². The molecule has 0 saturated heterocycles. The monoisotopic (exact) mass is 180 g/mol. The van der Waals surface area contributed by atoms with Gasteiger partial charge < -0.3 is 0 Å². The molecular formula is C8H12N4O. The number of anilines is 1. The Morgan fingerprint density at radius 2 is 2.54 bits per heavy atom. The van der Waals surface area contributed by atoms with Crippen molar-refractivity contribution in [3.8, 4) is 0 Å². The largest absolute Gasteiger partial charge is 0.346 e. The molecule has 0 atom stereocenters. The van der Waals surface area contributed by atoms with Gasteiger partial charge in [-0.15, -0.1) is 0 Å². The maximum absolute atomic E-state index is 10.7. The Morgan fingerprint density at radius 1 is 1.77 bits per heavy atom. The van der Waals surface area contributed by atoms with Crippen LogP contribution in [0.2, 0.25) is 0 Å². The molecule has 5 nitrogen and oxygen atoms in total. The molecule has 0 radical (unpaired) electrons. The molecule has 0 bridgehead atoms. The summed E-state index contributed by atoms with van der Waals surface area (Å²) in [6.45, 7) is 3.92. The molecule has 0 spiro atoms. The summed E-state index contributed by atoms with van der Waals surface area (Å²) in [5, 5.41) is 4.02. The first-order valence-corrected chi connectivity index (χ1v) is 4.07.